The van der Waals surface area contributed by atoms with Crippen LogP contribution in [0.15, 0.2) is 12.1 Å². The Labute approximate surface area is 121 Å². The van der Waals surface area contributed by atoms with Crippen LogP contribution < -0.4 is 5.73 Å². The van der Waals surface area contributed by atoms with Gasteiger partial charge in [-0.1, -0.05) is 12.1 Å². The summed E-state index contributed by atoms with van der Waals surface area (Å²) in [6.45, 7) is 6.76. The van der Waals surface area contributed by atoms with Crippen LogP contribution in [0.2, 0.25) is 0 Å². The summed E-state index contributed by atoms with van der Waals surface area (Å²) in [5, 5.41) is 11.0. The number of benzene rings is 1. The molecule has 2 fully saturated rings. The molecule has 4 unspecified atom stereocenters. The summed E-state index contributed by atoms with van der Waals surface area (Å²) >= 11 is 0. The average molecular weight is 275 g/mol. The van der Waals surface area contributed by atoms with Crippen LogP contribution in [0.3, 0.4) is 0 Å². The van der Waals surface area contributed by atoms with Crippen molar-refractivity contribution in [3.8, 4) is 0 Å². The van der Waals surface area contributed by atoms with Crippen molar-refractivity contribution in [1.29, 1.82) is 0 Å². The van der Waals surface area contributed by atoms with Crippen molar-refractivity contribution in [2.45, 2.75) is 58.3 Å². The van der Waals surface area contributed by atoms with Crippen LogP contribution in [-0.4, -0.2) is 23.9 Å². The van der Waals surface area contributed by atoms with Gasteiger partial charge >= 0.3 is 0 Å². The molecule has 20 heavy (non-hydrogen) atoms. The van der Waals surface area contributed by atoms with Gasteiger partial charge in [0.2, 0.25) is 0 Å². The summed E-state index contributed by atoms with van der Waals surface area (Å²) in [4.78, 5) is 0. The Morgan fingerprint density at radius 1 is 1.25 bits per heavy atom. The van der Waals surface area contributed by atoms with Gasteiger partial charge in [0, 0.05) is 12.0 Å². The lowest BCUT2D eigenvalue weighted by atomic mass is 9.67. The van der Waals surface area contributed by atoms with E-state index in [2.05, 4.69) is 32.9 Å². The molecule has 0 saturated carbocycles. The van der Waals surface area contributed by atoms with Gasteiger partial charge in [-0.15, -0.1) is 0 Å². The van der Waals surface area contributed by atoms with Gasteiger partial charge in [0.1, 0.15) is 0 Å². The van der Waals surface area contributed by atoms with Crippen molar-refractivity contribution < 1.29 is 9.84 Å². The number of ether oxygens (including phenoxy) is 1. The van der Waals surface area contributed by atoms with E-state index in [9.17, 15) is 5.11 Å². The fourth-order valence-electron chi connectivity index (χ4n) is 4.04. The highest BCUT2D eigenvalue weighted by atomic mass is 16.5. The summed E-state index contributed by atoms with van der Waals surface area (Å²) in [6, 6.07) is 4.28. The zero-order valence-electron chi connectivity index (χ0n) is 12.6. The third kappa shape index (κ3) is 1.92. The molecule has 2 bridgehead atoms. The Morgan fingerprint density at radius 3 is 2.50 bits per heavy atom. The quantitative estimate of drug-likeness (QED) is 0.891. The number of aryl methyl sites for hydroxylation is 3. The van der Waals surface area contributed by atoms with Crippen LogP contribution in [0.25, 0.3) is 0 Å². The molecule has 2 heterocycles. The molecule has 1 aromatic rings. The van der Waals surface area contributed by atoms with Gasteiger partial charge < -0.3 is 15.6 Å². The van der Waals surface area contributed by atoms with Gasteiger partial charge in [-0.2, -0.15) is 0 Å². The van der Waals surface area contributed by atoms with Gasteiger partial charge in [0.15, 0.2) is 0 Å². The molecule has 1 aromatic carbocycles. The number of fused-ring (bicyclic) bond motifs is 2. The number of hydrogen-bond acceptors (Lipinski definition) is 3. The maximum absolute atomic E-state index is 11.0. The predicted octanol–water partition coefficient (Wildman–Crippen LogP) is 2.54. The van der Waals surface area contributed by atoms with Gasteiger partial charge in [0.05, 0.1) is 18.3 Å². The average Bonchev–Trinajstić information content (AvgIpc) is 3.03. The van der Waals surface area contributed by atoms with Crippen LogP contribution in [0.5, 0.6) is 0 Å². The minimum Gasteiger partial charge on any atom is -0.388 e. The summed E-state index contributed by atoms with van der Waals surface area (Å²) in [6.07, 6.45) is 2.93. The lowest BCUT2D eigenvalue weighted by Crippen LogP contribution is -2.44. The fourth-order valence-corrected chi connectivity index (χ4v) is 4.04. The van der Waals surface area contributed by atoms with Crippen molar-refractivity contribution in [3.05, 3.63) is 34.4 Å². The maximum atomic E-state index is 11.0. The Hall–Kier alpha value is -0.900. The number of aliphatic hydroxyl groups excluding tert-OH is 1. The van der Waals surface area contributed by atoms with E-state index in [0.29, 0.717) is 12.6 Å². The summed E-state index contributed by atoms with van der Waals surface area (Å²) in [5.41, 5.74) is 10.4. The van der Waals surface area contributed by atoms with E-state index in [4.69, 9.17) is 10.5 Å². The maximum Gasteiger partial charge on any atom is 0.0886 e. The molecule has 0 aliphatic carbocycles. The molecule has 0 amide bonds. The van der Waals surface area contributed by atoms with Crippen molar-refractivity contribution in [2.24, 2.45) is 11.1 Å². The molecule has 0 aromatic heterocycles. The van der Waals surface area contributed by atoms with Crippen molar-refractivity contribution in [2.75, 3.05) is 6.54 Å². The fraction of sp³-hybridized carbons (Fsp3) is 0.647. The van der Waals surface area contributed by atoms with E-state index in [-0.39, 0.29) is 11.5 Å². The monoisotopic (exact) mass is 275 g/mol. The minimum atomic E-state index is -0.526. The highest BCUT2D eigenvalue weighted by Gasteiger charge is 2.55. The number of rotatable bonds is 3. The Kier molecular flexibility index (Phi) is 3.39. The predicted molar refractivity (Wildman–Crippen MR) is 79.6 cm³/mol. The lowest BCUT2D eigenvalue weighted by molar-refractivity contribution is -0.0267. The zero-order valence-corrected chi connectivity index (χ0v) is 12.6. The van der Waals surface area contributed by atoms with Gasteiger partial charge in [-0.3, -0.25) is 0 Å². The summed E-state index contributed by atoms with van der Waals surface area (Å²) in [7, 11) is 0. The molecule has 3 rings (SSSR count). The van der Waals surface area contributed by atoms with E-state index < -0.39 is 6.10 Å². The second-order valence-corrected chi connectivity index (χ2v) is 6.66. The number of hydrogen-bond donors (Lipinski definition) is 2. The standard InChI is InChI=1S/C17H25NO2/c1-10-6-12(3)14(7-11(10)2)16(19)17(9-18)8-13-4-5-15(17)20-13/h6-7,13,15-16,19H,4-5,8-9,18H2,1-3H3. The smallest absolute Gasteiger partial charge is 0.0886 e. The van der Waals surface area contributed by atoms with Crippen molar-refractivity contribution >= 4 is 0 Å². The van der Waals surface area contributed by atoms with Gasteiger partial charge in [0.25, 0.3) is 0 Å². The van der Waals surface area contributed by atoms with Crippen LogP contribution in [0, 0.1) is 26.2 Å². The summed E-state index contributed by atoms with van der Waals surface area (Å²) < 4.78 is 5.98. The molecule has 3 heteroatoms. The molecule has 2 saturated heterocycles. The Bertz CT molecular complexity index is 528. The third-order valence-corrected chi connectivity index (χ3v) is 5.46. The SMILES string of the molecule is Cc1cc(C)c(C(O)C2(CN)CC3CCC2O3)cc1C. The number of nitrogens with two attached hydrogens (primary N) is 1. The molecule has 110 valence electrons. The van der Waals surface area contributed by atoms with E-state index in [1.165, 1.54) is 11.1 Å². The van der Waals surface area contributed by atoms with Crippen LogP contribution in [0.1, 0.15) is 47.6 Å². The highest BCUT2D eigenvalue weighted by Crippen LogP contribution is 2.54. The molecule has 0 radical (unpaired) electrons. The first-order chi connectivity index (χ1) is 9.48. The molecule has 3 nitrogen and oxygen atoms in total. The Morgan fingerprint density at radius 2 is 1.95 bits per heavy atom. The van der Waals surface area contributed by atoms with Crippen LogP contribution >= 0.6 is 0 Å². The zero-order chi connectivity index (χ0) is 14.5. The number of aliphatic hydroxyl groups is 1. The summed E-state index contributed by atoms with van der Waals surface area (Å²) in [5.74, 6) is 0. The molecule has 3 N–H and O–H groups in total. The van der Waals surface area contributed by atoms with Crippen molar-refractivity contribution in [1.82, 2.24) is 0 Å². The topological polar surface area (TPSA) is 55.5 Å². The molecular weight excluding hydrogens is 250 g/mol. The second-order valence-electron chi connectivity index (χ2n) is 6.66. The minimum absolute atomic E-state index is 0.119. The third-order valence-electron chi connectivity index (χ3n) is 5.46. The molecule has 2 aliphatic heterocycles. The highest BCUT2D eigenvalue weighted by molar-refractivity contribution is 5.39. The van der Waals surface area contributed by atoms with Crippen LogP contribution in [-0.2, 0) is 4.74 Å². The molecular formula is C17H25NO2. The van der Waals surface area contributed by atoms with E-state index in [1.807, 2.05) is 0 Å². The molecule has 4 atom stereocenters. The first kappa shape index (κ1) is 14.1. The first-order valence-corrected chi connectivity index (χ1v) is 7.59. The Balaban J connectivity index is 1.99. The molecule has 2 aliphatic rings. The van der Waals surface area contributed by atoms with Gasteiger partial charge in [-0.05, 0) is 62.3 Å². The van der Waals surface area contributed by atoms with E-state index >= 15 is 0 Å². The van der Waals surface area contributed by atoms with Crippen molar-refractivity contribution in [3.63, 3.8) is 0 Å². The normalized spacial score (nSPS) is 33.6. The van der Waals surface area contributed by atoms with E-state index in [1.54, 1.807) is 0 Å². The largest absolute Gasteiger partial charge is 0.388 e. The molecule has 0 spiro atoms. The van der Waals surface area contributed by atoms with Gasteiger partial charge in [-0.25, -0.2) is 0 Å². The first-order valence-electron chi connectivity index (χ1n) is 7.59. The second kappa shape index (κ2) is 4.83. The van der Waals surface area contributed by atoms with Crippen LogP contribution in [0.4, 0.5) is 0 Å². The van der Waals surface area contributed by atoms with E-state index in [0.717, 1.165) is 30.4 Å². The lowest BCUT2D eigenvalue weighted by Gasteiger charge is -2.39.